The molecule has 1 amide bonds. The third-order valence-electron chi connectivity index (χ3n) is 3.84. The fourth-order valence-electron chi connectivity index (χ4n) is 2.45. The topological polar surface area (TPSA) is 84.1 Å². The zero-order valence-electron chi connectivity index (χ0n) is 14.0. The molecule has 1 aromatic heterocycles. The maximum Gasteiger partial charge on any atom is 0.337 e. The first-order chi connectivity index (χ1) is 12.6. The molecule has 0 radical (unpaired) electrons. The van der Waals surface area contributed by atoms with Crippen molar-refractivity contribution < 1.29 is 14.3 Å². The fraction of sp³-hybridized carbons (Fsp3) is 0.105. The van der Waals surface area contributed by atoms with Crippen LogP contribution in [0.2, 0.25) is 5.02 Å². The zero-order valence-corrected chi connectivity index (χ0v) is 14.7. The zero-order chi connectivity index (χ0) is 18.5. The lowest BCUT2D eigenvalue weighted by Gasteiger charge is -2.07. The number of esters is 1. The summed E-state index contributed by atoms with van der Waals surface area (Å²) in [4.78, 5) is 23.9. The van der Waals surface area contributed by atoms with Crippen LogP contribution in [-0.2, 0) is 11.3 Å². The van der Waals surface area contributed by atoms with Crippen LogP contribution in [0.3, 0.4) is 0 Å². The van der Waals surface area contributed by atoms with Gasteiger partial charge in [0, 0.05) is 17.1 Å². The number of H-pyrrole nitrogens is 1. The SMILES string of the molecule is COC(=O)c1ccc(CNC(=O)c2cn[nH]c2-c2ccc(Cl)cc2)cc1. The van der Waals surface area contributed by atoms with Gasteiger partial charge >= 0.3 is 5.97 Å². The van der Waals surface area contributed by atoms with Crippen molar-refractivity contribution in [2.75, 3.05) is 7.11 Å². The Labute approximate surface area is 155 Å². The molecule has 0 aliphatic carbocycles. The Hall–Kier alpha value is -3.12. The number of methoxy groups -OCH3 is 1. The molecule has 1 heterocycles. The molecule has 26 heavy (non-hydrogen) atoms. The lowest BCUT2D eigenvalue weighted by atomic mass is 10.1. The number of benzene rings is 2. The molecule has 3 rings (SSSR count). The van der Waals surface area contributed by atoms with E-state index in [-0.39, 0.29) is 5.91 Å². The minimum absolute atomic E-state index is 0.249. The highest BCUT2D eigenvalue weighted by molar-refractivity contribution is 6.30. The number of aromatic amines is 1. The Morgan fingerprint density at radius 1 is 1.12 bits per heavy atom. The summed E-state index contributed by atoms with van der Waals surface area (Å²) < 4.78 is 4.66. The van der Waals surface area contributed by atoms with E-state index in [4.69, 9.17) is 11.6 Å². The summed E-state index contributed by atoms with van der Waals surface area (Å²) >= 11 is 5.90. The normalized spacial score (nSPS) is 10.4. The number of hydrogen-bond acceptors (Lipinski definition) is 4. The van der Waals surface area contributed by atoms with Gasteiger partial charge in [0.2, 0.25) is 0 Å². The maximum absolute atomic E-state index is 12.5. The predicted octanol–water partition coefficient (Wildman–Crippen LogP) is 3.45. The van der Waals surface area contributed by atoms with Crippen molar-refractivity contribution in [3.05, 3.63) is 76.4 Å². The van der Waals surface area contributed by atoms with Crippen LogP contribution in [0.15, 0.2) is 54.7 Å². The fourth-order valence-corrected chi connectivity index (χ4v) is 2.57. The second kappa shape index (κ2) is 7.84. The van der Waals surface area contributed by atoms with Gasteiger partial charge in [-0.05, 0) is 29.8 Å². The van der Waals surface area contributed by atoms with Gasteiger partial charge in [0.15, 0.2) is 0 Å². The van der Waals surface area contributed by atoms with Crippen molar-refractivity contribution in [3.8, 4) is 11.3 Å². The van der Waals surface area contributed by atoms with Crippen LogP contribution in [0.25, 0.3) is 11.3 Å². The molecule has 0 unspecified atom stereocenters. The van der Waals surface area contributed by atoms with Crippen LogP contribution >= 0.6 is 11.6 Å². The van der Waals surface area contributed by atoms with E-state index in [0.717, 1.165) is 11.1 Å². The van der Waals surface area contributed by atoms with Gasteiger partial charge in [-0.25, -0.2) is 4.79 Å². The molecule has 0 atom stereocenters. The minimum atomic E-state index is -0.397. The first-order valence-electron chi connectivity index (χ1n) is 7.83. The summed E-state index contributed by atoms with van der Waals surface area (Å²) in [6, 6.07) is 14.0. The predicted molar refractivity (Wildman–Crippen MR) is 98.0 cm³/mol. The van der Waals surface area contributed by atoms with E-state index in [9.17, 15) is 9.59 Å². The lowest BCUT2D eigenvalue weighted by Crippen LogP contribution is -2.23. The molecule has 0 bridgehead atoms. The van der Waals surface area contributed by atoms with Crippen LogP contribution in [0, 0.1) is 0 Å². The van der Waals surface area contributed by atoms with Gasteiger partial charge in [0.1, 0.15) is 0 Å². The summed E-state index contributed by atoms with van der Waals surface area (Å²) in [6.07, 6.45) is 1.49. The molecule has 0 saturated carbocycles. The molecule has 0 spiro atoms. The standard InChI is InChI=1S/C19H16ClN3O3/c1-26-19(25)14-4-2-12(3-5-14)10-21-18(24)16-11-22-23-17(16)13-6-8-15(20)9-7-13/h2-9,11H,10H2,1H3,(H,21,24)(H,22,23). The van der Waals surface area contributed by atoms with Crippen molar-refractivity contribution >= 4 is 23.5 Å². The van der Waals surface area contributed by atoms with E-state index in [0.29, 0.717) is 28.4 Å². The number of ether oxygens (including phenoxy) is 1. The number of nitrogens with zero attached hydrogens (tertiary/aromatic N) is 1. The number of rotatable bonds is 5. The molecule has 0 fully saturated rings. The molecule has 2 aromatic carbocycles. The monoisotopic (exact) mass is 369 g/mol. The van der Waals surface area contributed by atoms with Crippen LogP contribution in [-0.4, -0.2) is 29.2 Å². The Morgan fingerprint density at radius 2 is 1.81 bits per heavy atom. The first kappa shape index (κ1) is 17.7. The number of carbonyl (C=O) groups is 2. The van der Waals surface area contributed by atoms with E-state index in [1.807, 2.05) is 12.1 Å². The molecule has 0 saturated heterocycles. The average molecular weight is 370 g/mol. The Morgan fingerprint density at radius 3 is 2.46 bits per heavy atom. The highest BCUT2D eigenvalue weighted by Gasteiger charge is 2.15. The quantitative estimate of drug-likeness (QED) is 0.675. The van der Waals surface area contributed by atoms with Crippen LogP contribution in [0.1, 0.15) is 26.3 Å². The van der Waals surface area contributed by atoms with Crippen molar-refractivity contribution in [1.82, 2.24) is 15.5 Å². The summed E-state index contributed by atoms with van der Waals surface area (Å²) in [5, 5.41) is 10.3. The highest BCUT2D eigenvalue weighted by Crippen LogP contribution is 2.23. The molecule has 132 valence electrons. The van der Waals surface area contributed by atoms with E-state index < -0.39 is 5.97 Å². The van der Waals surface area contributed by atoms with Crippen LogP contribution in [0.4, 0.5) is 0 Å². The van der Waals surface area contributed by atoms with Gasteiger partial charge in [-0.3, -0.25) is 9.89 Å². The minimum Gasteiger partial charge on any atom is -0.465 e. The first-order valence-corrected chi connectivity index (χ1v) is 8.21. The number of aromatic nitrogens is 2. The number of amides is 1. The van der Waals surface area contributed by atoms with Crippen molar-refractivity contribution in [2.24, 2.45) is 0 Å². The Kier molecular flexibility index (Phi) is 5.34. The molecule has 3 aromatic rings. The van der Waals surface area contributed by atoms with Crippen LogP contribution < -0.4 is 5.32 Å². The van der Waals surface area contributed by atoms with Gasteiger partial charge in [0.25, 0.3) is 5.91 Å². The number of halogens is 1. The van der Waals surface area contributed by atoms with E-state index >= 15 is 0 Å². The number of carbonyl (C=O) groups excluding carboxylic acids is 2. The lowest BCUT2D eigenvalue weighted by molar-refractivity contribution is 0.0600. The summed E-state index contributed by atoms with van der Waals surface area (Å²) in [6.45, 7) is 0.325. The summed E-state index contributed by atoms with van der Waals surface area (Å²) in [5.41, 5.74) is 3.21. The average Bonchev–Trinajstić information content (AvgIpc) is 3.16. The van der Waals surface area contributed by atoms with Crippen molar-refractivity contribution in [2.45, 2.75) is 6.54 Å². The molecule has 6 nitrogen and oxygen atoms in total. The van der Waals surface area contributed by atoms with Gasteiger partial charge in [-0.2, -0.15) is 5.10 Å². The third-order valence-corrected chi connectivity index (χ3v) is 4.10. The molecular weight excluding hydrogens is 354 g/mol. The second-order valence-corrected chi connectivity index (χ2v) is 5.97. The highest BCUT2D eigenvalue weighted by atomic mass is 35.5. The number of nitrogens with one attached hydrogen (secondary N) is 2. The Bertz CT molecular complexity index is 918. The third kappa shape index (κ3) is 3.92. The summed E-state index contributed by atoms with van der Waals surface area (Å²) in [5.74, 6) is -0.646. The molecule has 0 aliphatic rings. The van der Waals surface area contributed by atoms with Crippen LogP contribution in [0.5, 0.6) is 0 Å². The van der Waals surface area contributed by atoms with Gasteiger partial charge in [-0.15, -0.1) is 0 Å². The molecule has 2 N–H and O–H groups in total. The van der Waals surface area contributed by atoms with E-state index in [1.165, 1.54) is 13.3 Å². The molecule has 7 heteroatoms. The Balaban J connectivity index is 1.69. The van der Waals surface area contributed by atoms with Crippen molar-refractivity contribution in [3.63, 3.8) is 0 Å². The second-order valence-electron chi connectivity index (χ2n) is 5.54. The van der Waals surface area contributed by atoms with Crippen molar-refractivity contribution in [1.29, 1.82) is 0 Å². The number of hydrogen-bond donors (Lipinski definition) is 2. The van der Waals surface area contributed by atoms with E-state index in [1.54, 1.807) is 36.4 Å². The van der Waals surface area contributed by atoms with E-state index in [2.05, 4.69) is 20.3 Å². The van der Waals surface area contributed by atoms with Gasteiger partial charge in [0.05, 0.1) is 30.1 Å². The summed E-state index contributed by atoms with van der Waals surface area (Å²) in [7, 11) is 1.33. The van der Waals surface area contributed by atoms with Gasteiger partial charge < -0.3 is 10.1 Å². The largest absolute Gasteiger partial charge is 0.465 e. The van der Waals surface area contributed by atoms with Gasteiger partial charge in [-0.1, -0.05) is 35.9 Å². The maximum atomic E-state index is 12.5. The molecular formula is C19H16ClN3O3. The molecule has 0 aliphatic heterocycles. The smallest absolute Gasteiger partial charge is 0.337 e.